The zero-order valence-electron chi connectivity index (χ0n) is 15.0. The third-order valence-electron chi connectivity index (χ3n) is 4.25. The van der Waals surface area contributed by atoms with Crippen molar-refractivity contribution in [2.45, 2.75) is 45.0 Å². The van der Waals surface area contributed by atoms with Crippen LogP contribution in [0.15, 0.2) is 53.0 Å². The Hall–Kier alpha value is -1.89. The number of amides is 1. The molecule has 0 bridgehead atoms. The molecule has 6 heteroatoms. The summed E-state index contributed by atoms with van der Waals surface area (Å²) in [5.74, 6) is 0.841. The third-order valence-corrected chi connectivity index (χ3v) is 4.78. The second-order valence-corrected chi connectivity index (χ2v) is 7.63. The summed E-state index contributed by atoms with van der Waals surface area (Å²) in [6.07, 6.45) is 0.870. The zero-order chi connectivity index (χ0) is 18.5. The summed E-state index contributed by atoms with van der Waals surface area (Å²) in [7, 11) is 0. The highest BCUT2D eigenvalue weighted by atomic mass is 79.9. The molecule has 0 spiro atoms. The van der Waals surface area contributed by atoms with Crippen LogP contribution in [0, 0.1) is 0 Å². The van der Waals surface area contributed by atoms with E-state index in [1.807, 2.05) is 50.2 Å². The van der Waals surface area contributed by atoms with Crippen LogP contribution >= 0.6 is 15.9 Å². The first-order valence-corrected chi connectivity index (χ1v) is 9.60. The van der Waals surface area contributed by atoms with E-state index in [0.29, 0.717) is 13.0 Å². The molecule has 1 aliphatic rings. The van der Waals surface area contributed by atoms with Crippen LogP contribution in [0.25, 0.3) is 0 Å². The molecule has 2 atom stereocenters. The number of ether oxygens (including phenoxy) is 1. The fourth-order valence-electron chi connectivity index (χ4n) is 2.91. The van der Waals surface area contributed by atoms with Gasteiger partial charge in [-0.15, -0.1) is 0 Å². The smallest absolute Gasteiger partial charge is 0.238 e. The fraction of sp³-hybridized carbons (Fsp3) is 0.350. The van der Waals surface area contributed by atoms with Gasteiger partial charge < -0.3 is 10.1 Å². The Kier molecular flexibility index (Phi) is 6.29. The van der Waals surface area contributed by atoms with E-state index in [1.54, 1.807) is 0 Å². The number of benzene rings is 2. The SMILES string of the molecule is CC(C)Oc1ccc(CNC(=O)C2CC(c3ccc(Br)cc3)NN2)cc1. The van der Waals surface area contributed by atoms with Gasteiger partial charge in [-0.3, -0.25) is 4.79 Å². The number of rotatable bonds is 6. The summed E-state index contributed by atoms with van der Waals surface area (Å²) >= 11 is 3.44. The van der Waals surface area contributed by atoms with Gasteiger partial charge in [0.05, 0.1) is 6.10 Å². The first-order chi connectivity index (χ1) is 12.5. The highest BCUT2D eigenvalue weighted by Gasteiger charge is 2.29. The van der Waals surface area contributed by atoms with Crippen molar-refractivity contribution in [3.8, 4) is 5.75 Å². The van der Waals surface area contributed by atoms with E-state index < -0.39 is 0 Å². The van der Waals surface area contributed by atoms with Crippen molar-refractivity contribution in [2.24, 2.45) is 0 Å². The first kappa shape index (κ1) is 18.9. The maximum atomic E-state index is 12.4. The van der Waals surface area contributed by atoms with Gasteiger partial charge in [0.1, 0.15) is 11.8 Å². The van der Waals surface area contributed by atoms with Crippen LogP contribution in [0.1, 0.15) is 37.4 Å². The van der Waals surface area contributed by atoms with E-state index >= 15 is 0 Å². The molecule has 26 heavy (non-hydrogen) atoms. The lowest BCUT2D eigenvalue weighted by Crippen LogP contribution is -2.42. The molecular formula is C20H24BrN3O2. The number of halogens is 1. The van der Waals surface area contributed by atoms with Gasteiger partial charge in [0.2, 0.25) is 5.91 Å². The molecule has 1 aliphatic heterocycles. The molecule has 0 aliphatic carbocycles. The van der Waals surface area contributed by atoms with Gasteiger partial charge >= 0.3 is 0 Å². The topological polar surface area (TPSA) is 62.4 Å². The summed E-state index contributed by atoms with van der Waals surface area (Å²) in [4.78, 5) is 12.4. The van der Waals surface area contributed by atoms with Gasteiger partial charge in [-0.05, 0) is 55.7 Å². The Morgan fingerprint density at radius 1 is 1.15 bits per heavy atom. The molecule has 2 aromatic carbocycles. The van der Waals surface area contributed by atoms with Crippen molar-refractivity contribution in [3.05, 3.63) is 64.1 Å². The molecule has 138 valence electrons. The quantitative estimate of drug-likeness (QED) is 0.673. The molecule has 1 fully saturated rings. The largest absolute Gasteiger partial charge is 0.491 e. The predicted molar refractivity (Wildman–Crippen MR) is 106 cm³/mol. The molecule has 1 amide bonds. The lowest BCUT2D eigenvalue weighted by atomic mass is 10.0. The minimum absolute atomic E-state index is 0.000353. The van der Waals surface area contributed by atoms with Gasteiger partial charge in [0, 0.05) is 17.1 Å². The lowest BCUT2D eigenvalue weighted by Gasteiger charge is -2.12. The number of carbonyl (C=O) groups excluding carboxylic acids is 1. The summed E-state index contributed by atoms with van der Waals surface area (Å²) in [6, 6.07) is 15.8. The molecule has 1 heterocycles. The number of hydrogen-bond acceptors (Lipinski definition) is 4. The van der Waals surface area contributed by atoms with Crippen LogP contribution in [0.5, 0.6) is 5.75 Å². The van der Waals surface area contributed by atoms with Crippen molar-refractivity contribution in [3.63, 3.8) is 0 Å². The Morgan fingerprint density at radius 3 is 2.50 bits per heavy atom. The van der Waals surface area contributed by atoms with Crippen LogP contribution in [-0.2, 0) is 11.3 Å². The van der Waals surface area contributed by atoms with E-state index in [-0.39, 0.29) is 24.1 Å². The van der Waals surface area contributed by atoms with Crippen molar-refractivity contribution >= 4 is 21.8 Å². The average molecular weight is 418 g/mol. The molecule has 0 aromatic heterocycles. The molecule has 2 aromatic rings. The van der Waals surface area contributed by atoms with Gasteiger partial charge in [0.25, 0.3) is 0 Å². The summed E-state index contributed by atoms with van der Waals surface area (Å²) in [6.45, 7) is 4.50. The Morgan fingerprint density at radius 2 is 1.85 bits per heavy atom. The van der Waals surface area contributed by atoms with E-state index in [9.17, 15) is 4.79 Å². The third kappa shape index (κ3) is 5.06. The fourth-order valence-corrected chi connectivity index (χ4v) is 3.18. The second kappa shape index (κ2) is 8.66. The van der Waals surface area contributed by atoms with Crippen molar-refractivity contribution < 1.29 is 9.53 Å². The van der Waals surface area contributed by atoms with Gasteiger partial charge in [-0.1, -0.05) is 40.2 Å². The van der Waals surface area contributed by atoms with Crippen LogP contribution < -0.4 is 20.9 Å². The van der Waals surface area contributed by atoms with E-state index in [2.05, 4.69) is 44.2 Å². The van der Waals surface area contributed by atoms with Crippen LogP contribution in [-0.4, -0.2) is 18.1 Å². The molecule has 3 rings (SSSR count). The summed E-state index contributed by atoms with van der Waals surface area (Å²) < 4.78 is 6.68. The number of carbonyl (C=O) groups is 1. The average Bonchev–Trinajstić information content (AvgIpc) is 3.11. The number of nitrogens with one attached hydrogen (secondary N) is 3. The molecule has 5 nitrogen and oxygen atoms in total. The lowest BCUT2D eigenvalue weighted by molar-refractivity contribution is -0.123. The Balaban J connectivity index is 1.49. The van der Waals surface area contributed by atoms with Crippen LogP contribution in [0.3, 0.4) is 0 Å². The van der Waals surface area contributed by atoms with Crippen molar-refractivity contribution in [1.82, 2.24) is 16.2 Å². The molecule has 0 saturated carbocycles. The minimum Gasteiger partial charge on any atom is -0.491 e. The van der Waals surface area contributed by atoms with Crippen LogP contribution in [0.2, 0.25) is 0 Å². The minimum atomic E-state index is -0.243. The Bertz CT molecular complexity index is 732. The number of hydrazine groups is 1. The van der Waals surface area contributed by atoms with Crippen molar-refractivity contribution in [1.29, 1.82) is 0 Å². The number of hydrogen-bond donors (Lipinski definition) is 3. The second-order valence-electron chi connectivity index (χ2n) is 6.71. The van der Waals surface area contributed by atoms with E-state index in [0.717, 1.165) is 21.3 Å². The van der Waals surface area contributed by atoms with E-state index in [4.69, 9.17) is 4.74 Å². The standard InChI is InChI=1S/C20H24BrN3O2/c1-13(2)26-17-9-3-14(4-10-17)12-22-20(25)19-11-18(23-24-19)15-5-7-16(21)8-6-15/h3-10,13,18-19,23-24H,11-12H2,1-2H3,(H,22,25). The monoisotopic (exact) mass is 417 g/mol. The molecule has 0 radical (unpaired) electrons. The highest BCUT2D eigenvalue weighted by Crippen LogP contribution is 2.24. The highest BCUT2D eigenvalue weighted by molar-refractivity contribution is 9.10. The summed E-state index contributed by atoms with van der Waals surface area (Å²) in [5, 5.41) is 2.99. The zero-order valence-corrected chi connectivity index (χ0v) is 16.5. The van der Waals surface area contributed by atoms with Gasteiger partial charge in [-0.25, -0.2) is 10.9 Å². The predicted octanol–water partition coefficient (Wildman–Crippen LogP) is 3.46. The van der Waals surface area contributed by atoms with Gasteiger partial charge in [-0.2, -0.15) is 0 Å². The Labute approximate surface area is 162 Å². The first-order valence-electron chi connectivity index (χ1n) is 8.81. The summed E-state index contributed by atoms with van der Waals surface area (Å²) in [5.41, 5.74) is 8.51. The van der Waals surface area contributed by atoms with E-state index in [1.165, 1.54) is 0 Å². The van der Waals surface area contributed by atoms with Crippen LogP contribution in [0.4, 0.5) is 0 Å². The molecule has 2 unspecified atom stereocenters. The molecule has 3 N–H and O–H groups in total. The maximum Gasteiger partial charge on any atom is 0.238 e. The normalized spacial score (nSPS) is 19.5. The maximum absolute atomic E-state index is 12.4. The molecular weight excluding hydrogens is 394 g/mol. The van der Waals surface area contributed by atoms with Gasteiger partial charge in [0.15, 0.2) is 0 Å². The van der Waals surface area contributed by atoms with Crippen molar-refractivity contribution in [2.75, 3.05) is 0 Å². The molecule has 1 saturated heterocycles.